The molecule has 0 radical (unpaired) electrons. The number of Topliss-reactive ketones (excluding diaryl/α,β-unsaturated/α-hetero) is 1. The normalized spacial score (nSPS) is 10.6. The lowest BCUT2D eigenvalue weighted by Gasteiger charge is -2.02. The first-order chi connectivity index (χ1) is 9.33. The van der Waals surface area contributed by atoms with Crippen molar-refractivity contribution in [2.45, 2.75) is 71.1 Å². The standard InChI is InChI=1S/C17H27NO/c1-2-3-4-5-6-7-8-9-10-17(19)15-16-11-13-18-14-12-16/h11-14H,2-10,15H2,1H3. The Balaban J connectivity index is 1.96. The second-order valence-electron chi connectivity index (χ2n) is 5.30. The van der Waals surface area contributed by atoms with E-state index in [0.717, 1.165) is 18.4 Å². The van der Waals surface area contributed by atoms with Gasteiger partial charge < -0.3 is 0 Å². The zero-order valence-electron chi connectivity index (χ0n) is 12.2. The van der Waals surface area contributed by atoms with Gasteiger partial charge in [-0.15, -0.1) is 0 Å². The molecule has 0 unspecified atom stereocenters. The third-order valence-electron chi connectivity index (χ3n) is 3.46. The van der Waals surface area contributed by atoms with Gasteiger partial charge in [-0.3, -0.25) is 9.78 Å². The van der Waals surface area contributed by atoms with Gasteiger partial charge in [0.05, 0.1) is 0 Å². The number of pyridine rings is 1. The van der Waals surface area contributed by atoms with E-state index in [1.54, 1.807) is 12.4 Å². The predicted octanol–water partition coefficient (Wildman–Crippen LogP) is 4.72. The van der Waals surface area contributed by atoms with Crippen LogP contribution in [0.1, 0.15) is 70.3 Å². The van der Waals surface area contributed by atoms with Gasteiger partial charge in [0.15, 0.2) is 0 Å². The molecule has 0 atom stereocenters. The van der Waals surface area contributed by atoms with E-state index < -0.39 is 0 Å². The summed E-state index contributed by atoms with van der Waals surface area (Å²) in [5.74, 6) is 0.359. The molecule has 19 heavy (non-hydrogen) atoms. The molecule has 0 saturated heterocycles. The highest BCUT2D eigenvalue weighted by atomic mass is 16.1. The highest BCUT2D eigenvalue weighted by molar-refractivity contribution is 5.80. The van der Waals surface area contributed by atoms with E-state index in [1.807, 2.05) is 12.1 Å². The fourth-order valence-corrected chi connectivity index (χ4v) is 2.27. The summed E-state index contributed by atoms with van der Waals surface area (Å²) >= 11 is 0. The molecule has 0 bridgehead atoms. The monoisotopic (exact) mass is 261 g/mol. The van der Waals surface area contributed by atoms with Gasteiger partial charge in [0.2, 0.25) is 0 Å². The van der Waals surface area contributed by atoms with Crippen molar-refractivity contribution >= 4 is 5.78 Å². The Morgan fingerprint density at radius 2 is 1.53 bits per heavy atom. The molecule has 1 heterocycles. The number of rotatable bonds is 11. The van der Waals surface area contributed by atoms with Crippen LogP contribution in [0, 0.1) is 0 Å². The number of carbonyl (C=O) groups excluding carboxylic acids is 1. The molecule has 0 aliphatic heterocycles. The Hall–Kier alpha value is -1.18. The molecule has 1 rings (SSSR count). The molecule has 0 aliphatic rings. The van der Waals surface area contributed by atoms with Crippen LogP contribution in [0.4, 0.5) is 0 Å². The van der Waals surface area contributed by atoms with E-state index in [1.165, 1.54) is 44.9 Å². The highest BCUT2D eigenvalue weighted by Crippen LogP contribution is 2.10. The van der Waals surface area contributed by atoms with Crippen LogP contribution in [0.25, 0.3) is 0 Å². The zero-order chi connectivity index (χ0) is 13.8. The Morgan fingerprint density at radius 3 is 2.16 bits per heavy atom. The molecule has 0 N–H and O–H groups in total. The van der Waals surface area contributed by atoms with E-state index >= 15 is 0 Å². The molecule has 2 nitrogen and oxygen atoms in total. The van der Waals surface area contributed by atoms with Crippen molar-refractivity contribution in [3.05, 3.63) is 30.1 Å². The second-order valence-corrected chi connectivity index (χ2v) is 5.30. The van der Waals surface area contributed by atoms with Crippen molar-refractivity contribution in [2.24, 2.45) is 0 Å². The van der Waals surface area contributed by atoms with Gasteiger partial charge in [0.1, 0.15) is 5.78 Å². The Kier molecular flexibility index (Phi) is 8.95. The molecule has 2 heteroatoms. The van der Waals surface area contributed by atoms with Gasteiger partial charge in [0.25, 0.3) is 0 Å². The minimum Gasteiger partial charge on any atom is -0.299 e. The largest absolute Gasteiger partial charge is 0.299 e. The SMILES string of the molecule is CCCCCCCCCCC(=O)Cc1ccncc1. The molecule has 0 saturated carbocycles. The maximum Gasteiger partial charge on any atom is 0.137 e. The summed E-state index contributed by atoms with van der Waals surface area (Å²) in [5, 5.41) is 0. The van der Waals surface area contributed by atoms with Gasteiger partial charge in [-0.05, 0) is 24.1 Å². The van der Waals surface area contributed by atoms with Crippen LogP contribution in [0.3, 0.4) is 0 Å². The fraction of sp³-hybridized carbons (Fsp3) is 0.647. The molecular formula is C17H27NO. The smallest absolute Gasteiger partial charge is 0.137 e. The van der Waals surface area contributed by atoms with Crippen molar-refractivity contribution < 1.29 is 4.79 Å². The topological polar surface area (TPSA) is 30.0 Å². The summed E-state index contributed by atoms with van der Waals surface area (Å²) in [6.07, 6.45) is 15.1. The maximum absolute atomic E-state index is 11.8. The van der Waals surface area contributed by atoms with E-state index in [9.17, 15) is 4.79 Å². The first-order valence-corrected chi connectivity index (χ1v) is 7.73. The van der Waals surface area contributed by atoms with E-state index in [-0.39, 0.29) is 0 Å². The Bertz CT molecular complexity index is 334. The summed E-state index contributed by atoms with van der Waals surface area (Å²) in [5.41, 5.74) is 1.08. The number of hydrogen-bond donors (Lipinski definition) is 0. The van der Waals surface area contributed by atoms with E-state index in [0.29, 0.717) is 12.2 Å². The zero-order valence-corrected chi connectivity index (χ0v) is 12.2. The van der Waals surface area contributed by atoms with Crippen molar-refractivity contribution in [3.63, 3.8) is 0 Å². The molecule has 1 aromatic heterocycles. The number of unbranched alkanes of at least 4 members (excludes halogenated alkanes) is 7. The van der Waals surface area contributed by atoms with Gasteiger partial charge in [-0.25, -0.2) is 0 Å². The molecule has 1 aromatic rings. The first-order valence-electron chi connectivity index (χ1n) is 7.73. The van der Waals surface area contributed by atoms with E-state index in [4.69, 9.17) is 0 Å². The minimum absolute atomic E-state index is 0.359. The van der Waals surface area contributed by atoms with Crippen LogP contribution in [0.2, 0.25) is 0 Å². The third-order valence-corrected chi connectivity index (χ3v) is 3.46. The van der Waals surface area contributed by atoms with Crippen molar-refractivity contribution in [3.8, 4) is 0 Å². The lowest BCUT2D eigenvalue weighted by Crippen LogP contribution is -2.02. The number of aromatic nitrogens is 1. The molecule has 0 spiro atoms. The average molecular weight is 261 g/mol. The molecule has 106 valence electrons. The summed E-state index contributed by atoms with van der Waals surface area (Å²) in [6.45, 7) is 2.24. The number of hydrogen-bond acceptors (Lipinski definition) is 2. The van der Waals surface area contributed by atoms with Crippen LogP contribution < -0.4 is 0 Å². The molecule has 0 aromatic carbocycles. The average Bonchev–Trinajstić information content (AvgIpc) is 2.43. The molecule has 0 fully saturated rings. The Labute approximate surface area is 117 Å². The quantitative estimate of drug-likeness (QED) is 0.539. The minimum atomic E-state index is 0.359. The number of nitrogens with zero attached hydrogens (tertiary/aromatic N) is 1. The van der Waals surface area contributed by atoms with Crippen molar-refractivity contribution in [1.82, 2.24) is 4.98 Å². The summed E-state index contributed by atoms with van der Waals surface area (Å²) in [7, 11) is 0. The third kappa shape index (κ3) is 8.52. The predicted molar refractivity (Wildman–Crippen MR) is 80.2 cm³/mol. The van der Waals surface area contributed by atoms with Gasteiger partial charge in [0, 0.05) is 25.2 Å². The Morgan fingerprint density at radius 1 is 0.947 bits per heavy atom. The fourth-order valence-electron chi connectivity index (χ4n) is 2.27. The lowest BCUT2D eigenvalue weighted by atomic mass is 10.0. The number of carbonyl (C=O) groups is 1. The van der Waals surface area contributed by atoms with Crippen LogP contribution in [0.15, 0.2) is 24.5 Å². The van der Waals surface area contributed by atoms with Crippen molar-refractivity contribution in [2.75, 3.05) is 0 Å². The van der Waals surface area contributed by atoms with Gasteiger partial charge in [-0.2, -0.15) is 0 Å². The molecule has 0 amide bonds. The molecular weight excluding hydrogens is 234 g/mol. The van der Waals surface area contributed by atoms with Crippen LogP contribution in [-0.4, -0.2) is 10.8 Å². The highest BCUT2D eigenvalue weighted by Gasteiger charge is 2.03. The lowest BCUT2D eigenvalue weighted by molar-refractivity contribution is -0.118. The summed E-state index contributed by atoms with van der Waals surface area (Å²) < 4.78 is 0. The molecule has 0 aliphatic carbocycles. The van der Waals surface area contributed by atoms with Gasteiger partial charge >= 0.3 is 0 Å². The van der Waals surface area contributed by atoms with Gasteiger partial charge in [-0.1, -0.05) is 51.9 Å². The van der Waals surface area contributed by atoms with E-state index in [2.05, 4.69) is 11.9 Å². The van der Waals surface area contributed by atoms with Crippen LogP contribution >= 0.6 is 0 Å². The second kappa shape index (κ2) is 10.7. The number of ketones is 1. The van der Waals surface area contributed by atoms with Crippen molar-refractivity contribution in [1.29, 1.82) is 0 Å². The van der Waals surface area contributed by atoms with Crippen LogP contribution in [0.5, 0.6) is 0 Å². The maximum atomic E-state index is 11.8. The first kappa shape index (κ1) is 15.9. The summed E-state index contributed by atoms with van der Waals surface area (Å²) in [6, 6.07) is 3.84. The summed E-state index contributed by atoms with van der Waals surface area (Å²) in [4.78, 5) is 15.7. The van der Waals surface area contributed by atoms with Crippen LogP contribution in [-0.2, 0) is 11.2 Å².